The van der Waals surface area contributed by atoms with Gasteiger partial charge in [-0.2, -0.15) is 20.7 Å². The van der Waals surface area contributed by atoms with Gasteiger partial charge in [-0.25, -0.2) is 4.39 Å². The van der Waals surface area contributed by atoms with Crippen molar-refractivity contribution in [3.63, 3.8) is 0 Å². The minimum absolute atomic E-state index is 0.0396. The number of fused-ring (bicyclic) bond motifs is 1. The molecule has 5 aromatic rings. The smallest absolute Gasteiger partial charge is 0.141 e. The van der Waals surface area contributed by atoms with Crippen molar-refractivity contribution in [2.24, 2.45) is 0 Å². The Morgan fingerprint density at radius 2 is 1.94 bits per heavy atom. The lowest BCUT2D eigenvalue weighted by atomic mass is 10.1. The zero-order valence-corrected chi connectivity index (χ0v) is 19.4. The van der Waals surface area contributed by atoms with E-state index in [1.165, 1.54) is 35.7 Å². The van der Waals surface area contributed by atoms with E-state index in [0.29, 0.717) is 38.7 Å². The fourth-order valence-electron chi connectivity index (χ4n) is 3.46. The predicted octanol–water partition coefficient (Wildman–Crippen LogP) is 6.07. The number of anilines is 3. The number of benzene rings is 2. The Morgan fingerprint density at radius 3 is 2.65 bits per heavy atom. The normalized spacial score (nSPS) is 11.8. The number of nitrogens with one attached hydrogen (secondary N) is 3. The summed E-state index contributed by atoms with van der Waals surface area (Å²) in [4.78, 5) is 9.45. The molecule has 168 valence electrons. The van der Waals surface area contributed by atoms with Gasteiger partial charge in [0.1, 0.15) is 23.6 Å². The van der Waals surface area contributed by atoms with E-state index in [-0.39, 0.29) is 16.6 Å². The highest BCUT2D eigenvalue weighted by molar-refractivity contribution is 7.09. The summed E-state index contributed by atoms with van der Waals surface area (Å²) in [6.07, 6.45) is 4.81. The fraction of sp³-hybridized carbons (Fsp3) is 0.0455. The van der Waals surface area contributed by atoms with Crippen LogP contribution in [0.1, 0.15) is 22.2 Å². The van der Waals surface area contributed by atoms with Gasteiger partial charge in [0.05, 0.1) is 43.4 Å². The summed E-state index contributed by atoms with van der Waals surface area (Å²) in [7, 11) is 0. The molecule has 0 radical (unpaired) electrons. The molecule has 0 aliphatic rings. The van der Waals surface area contributed by atoms with Crippen LogP contribution in [0.15, 0.2) is 54.4 Å². The number of rotatable bonds is 6. The van der Waals surface area contributed by atoms with Crippen LogP contribution in [0.5, 0.6) is 0 Å². The zero-order valence-electron chi connectivity index (χ0n) is 17.1. The van der Waals surface area contributed by atoms with Gasteiger partial charge in [0, 0.05) is 29.2 Å². The summed E-state index contributed by atoms with van der Waals surface area (Å²) >= 11 is 14.0. The maximum absolute atomic E-state index is 13.6. The van der Waals surface area contributed by atoms with Gasteiger partial charge in [-0.05, 0) is 30.3 Å². The summed E-state index contributed by atoms with van der Waals surface area (Å²) in [6, 6.07) is 9.60. The molecule has 3 heterocycles. The van der Waals surface area contributed by atoms with Crippen molar-refractivity contribution >= 4 is 62.5 Å². The number of pyridine rings is 1. The van der Waals surface area contributed by atoms with E-state index in [4.69, 9.17) is 23.2 Å². The molecule has 0 unspecified atom stereocenters. The van der Waals surface area contributed by atoms with Gasteiger partial charge in [-0.15, -0.1) is 11.3 Å². The Labute approximate surface area is 206 Å². The Hall–Kier alpha value is -3.78. The van der Waals surface area contributed by atoms with E-state index >= 15 is 0 Å². The standard InChI is InChI=1S/C22H13Cl2FN8S/c23-15-4-12(1-2-17(15)25)30-20-11(6-26)7-28-21-14(20)3-13(5-16(21)24)31-22(18-8-29-33-32-18)19-9-27-10-34-19/h1-5,7-10,22,31H,(H,28,30)(H,29,32,33)/t22-/m1/s1. The molecule has 12 heteroatoms. The molecule has 3 N–H and O–H groups in total. The maximum Gasteiger partial charge on any atom is 0.141 e. The largest absolute Gasteiger partial charge is 0.372 e. The first-order valence-corrected chi connectivity index (χ1v) is 11.4. The number of H-pyrrole nitrogens is 1. The van der Waals surface area contributed by atoms with Crippen molar-refractivity contribution in [2.75, 3.05) is 10.6 Å². The number of aromatic amines is 1. The molecule has 3 aromatic heterocycles. The number of thiazole rings is 1. The van der Waals surface area contributed by atoms with Crippen LogP contribution in [-0.4, -0.2) is 25.4 Å². The van der Waals surface area contributed by atoms with Gasteiger partial charge in [-0.3, -0.25) is 9.97 Å². The summed E-state index contributed by atoms with van der Waals surface area (Å²) in [5.41, 5.74) is 4.83. The van der Waals surface area contributed by atoms with Crippen LogP contribution in [0.25, 0.3) is 10.9 Å². The van der Waals surface area contributed by atoms with Crippen LogP contribution in [0.2, 0.25) is 10.0 Å². The second-order valence-corrected chi connectivity index (χ2v) is 8.88. The Balaban J connectivity index is 1.61. The van der Waals surface area contributed by atoms with Crippen LogP contribution in [0.4, 0.5) is 21.5 Å². The van der Waals surface area contributed by atoms with Crippen LogP contribution < -0.4 is 10.6 Å². The first-order chi connectivity index (χ1) is 16.5. The van der Waals surface area contributed by atoms with E-state index in [9.17, 15) is 9.65 Å². The predicted molar refractivity (Wildman–Crippen MR) is 130 cm³/mol. The molecule has 34 heavy (non-hydrogen) atoms. The zero-order chi connectivity index (χ0) is 23.7. The third-order valence-corrected chi connectivity index (χ3v) is 6.43. The van der Waals surface area contributed by atoms with Gasteiger partial charge >= 0.3 is 0 Å². The van der Waals surface area contributed by atoms with E-state index in [2.05, 4.69) is 42.1 Å². The minimum Gasteiger partial charge on any atom is -0.372 e. The van der Waals surface area contributed by atoms with Crippen molar-refractivity contribution in [1.82, 2.24) is 25.4 Å². The molecular formula is C22H13Cl2FN8S. The van der Waals surface area contributed by atoms with Crippen molar-refractivity contribution in [3.8, 4) is 6.07 Å². The molecule has 0 spiro atoms. The number of halogens is 3. The van der Waals surface area contributed by atoms with E-state index in [1.807, 2.05) is 6.07 Å². The van der Waals surface area contributed by atoms with Gasteiger partial charge < -0.3 is 10.6 Å². The second kappa shape index (κ2) is 9.23. The third kappa shape index (κ3) is 4.24. The highest BCUT2D eigenvalue weighted by Crippen LogP contribution is 2.37. The highest BCUT2D eigenvalue weighted by atomic mass is 35.5. The lowest BCUT2D eigenvalue weighted by Crippen LogP contribution is -2.12. The Kier molecular flexibility index (Phi) is 5.98. The molecule has 0 fully saturated rings. The van der Waals surface area contributed by atoms with Crippen molar-refractivity contribution < 1.29 is 4.39 Å². The average Bonchev–Trinajstić information content (AvgIpc) is 3.55. The second-order valence-electron chi connectivity index (χ2n) is 7.14. The molecule has 0 aliphatic heterocycles. The molecule has 2 aromatic carbocycles. The topological polar surface area (TPSA) is 115 Å². The number of nitriles is 1. The monoisotopic (exact) mass is 510 g/mol. The van der Waals surface area contributed by atoms with E-state index in [1.54, 1.807) is 24.0 Å². The SMILES string of the molecule is N#Cc1cnc2c(Cl)cc(N[C@H](c3cn[nH]n3)c3cncs3)cc2c1Nc1ccc(F)c(Cl)c1. The molecule has 5 rings (SSSR count). The van der Waals surface area contributed by atoms with Crippen LogP contribution in [-0.2, 0) is 0 Å². The van der Waals surface area contributed by atoms with Gasteiger partial charge in [0.2, 0.25) is 0 Å². The molecule has 1 atom stereocenters. The first-order valence-electron chi connectivity index (χ1n) is 9.78. The first kappa shape index (κ1) is 22.0. The number of nitrogens with zero attached hydrogens (tertiary/aromatic N) is 5. The van der Waals surface area contributed by atoms with E-state index in [0.717, 1.165) is 4.88 Å². The summed E-state index contributed by atoms with van der Waals surface area (Å²) in [6.45, 7) is 0. The number of hydrogen-bond acceptors (Lipinski definition) is 8. The quantitative estimate of drug-likeness (QED) is 0.253. The molecule has 0 saturated heterocycles. The highest BCUT2D eigenvalue weighted by Gasteiger charge is 2.20. The molecule has 0 aliphatic carbocycles. The Bertz CT molecular complexity index is 1480. The average molecular weight is 511 g/mol. The third-order valence-electron chi connectivity index (χ3n) is 5.01. The molecule has 0 amide bonds. The van der Waals surface area contributed by atoms with Gasteiger partial charge in [0.25, 0.3) is 0 Å². The van der Waals surface area contributed by atoms with Crippen molar-refractivity contribution in [3.05, 3.63) is 86.4 Å². The maximum atomic E-state index is 13.6. The van der Waals surface area contributed by atoms with Crippen LogP contribution in [0, 0.1) is 17.1 Å². The lowest BCUT2D eigenvalue weighted by Gasteiger charge is -2.18. The van der Waals surface area contributed by atoms with Crippen molar-refractivity contribution in [1.29, 1.82) is 5.26 Å². The van der Waals surface area contributed by atoms with Crippen LogP contribution in [0.3, 0.4) is 0 Å². The fourth-order valence-corrected chi connectivity index (χ4v) is 4.59. The van der Waals surface area contributed by atoms with Crippen molar-refractivity contribution in [2.45, 2.75) is 6.04 Å². The summed E-state index contributed by atoms with van der Waals surface area (Å²) in [5, 5.41) is 28.0. The number of hydrogen-bond donors (Lipinski definition) is 3. The Morgan fingerprint density at radius 1 is 1.09 bits per heavy atom. The molecule has 0 saturated carbocycles. The lowest BCUT2D eigenvalue weighted by molar-refractivity contribution is 0.628. The summed E-state index contributed by atoms with van der Waals surface area (Å²) in [5.74, 6) is -0.538. The molecular weight excluding hydrogens is 498 g/mol. The van der Waals surface area contributed by atoms with E-state index < -0.39 is 5.82 Å². The molecule has 0 bridgehead atoms. The van der Waals surface area contributed by atoms with Gasteiger partial charge in [0.15, 0.2) is 0 Å². The summed E-state index contributed by atoms with van der Waals surface area (Å²) < 4.78 is 13.6. The van der Waals surface area contributed by atoms with Gasteiger partial charge in [-0.1, -0.05) is 23.2 Å². The van der Waals surface area contributed by atoms with Crippen LogP contribution >= 0.6 is 34.5 Å². The molecule has 8 nitrogen and oxygen atoms in total. The minimum atomic E-state index is -0.538. The number of aromatic nitrogens is 5.